The molecule has 0 fully saturated rings. The maximum atomic E-state index is 9.46. The highest BCUT2D eigenvalue weighted by Gasteiger charge is 2.02. The first-order valence-corrected chi connectivity index (χ1v) is 4.99. The van der Waals surface area contributed by atoms with Gasteiger partial charge in [0.1, 0.15) is 0 Å². The van der Waals surface area contributed by atoms with Crippen LogP contribution in [0.25, 0.3) is 0 Å². The number of terminal acetylenes is 1. The summed E-state index contributed by atoms with van der Waals surface area (Å²) in [6.45, 7) is 5.95. The molecule has 13 heavy (non-hydrogen) atoms. The van der Waals surface area contributed by atoms with Crippen LogP contribution >= 0.6 is 0 Å². The van der Waals surface area contributed by atoms with Crippen LogP contribution in [0, 0.1) is 18.3 Å². The molecule has 2 heteroatoms. The highest BCUT2D eigenvalue weighted by atomic mass is 16.3. The molecule has 76 valence electrons. The summed E-state index contributed by atoms with van der Waals surface area (Å²) in [5, 5.41) is 12.7. The van der Waals surface area contributed by atoms with E-state index in [1.807, 2.05) is 0 Å². The molecule has 0 aliphatic carbocycles. The Balaban J connectivity index is 3.21. The highest BCUT2D eigenvalue weighted by molar-refractivity contribution is 4.83. The van der Waals surface area contributed by atoms with E-state index in [4.69, 9.17) is 6.42 Å². The molecule has 2 N–H and O–H groups in total. The van der Waals surface area contributed by atoms with E-state index < -0.39 is 0 Å². The first-order valence-electron chi connectivity index (χ1n) is 4.99. The van der Waals surface area contributed by atoms with Gasteiger partial charge in [0.2, 0.25) is 0 Å². The fourth-order valence-electron chi connectivity index (χ4n) is 1.08. The van der Waals surface area contributed by atoms with Crippen LogP contribution in [-0.4, -0.2) is 24.3 Å². The molecule has 1 unspecified atom stereocenters. The minimum absolute atomic E-state index is 0.243. The summed E-state index contributed by atoms with van der Waals surface area (Å²) < 4.78 is 0. The Morgan fingerprint density at radius 2 is 2.08 bits per heavy atom. The lowest BCUT2D eigenvalue weighted by Gasteiger charge is -2.12. The van der Waals surface area contributed by atoms with E-state index in [9.17, 15) is 5.11 Å². The molecule has 2 nitrogen and oxygen atoms in total. The fourth-order valence-corrected chi connectivity index (χ4v) is 1.08. The molecule has 1 atom stereocenters. The van der Waals surface area contributed by atoms with Gasteiger partial charge in [-0.3, -0.25) is 0 Å². The zero-order valence-corrected chi connectivity index (χ0v) is 8.71. The van der Waals surface area contributed by atoms with Gasteiger partial charge in [-0.05, 0) is 25.3 Å². The zero-order valence-electron chi connectivity index (χ0n) is 8.71. The summed E-state index contributed by atoms with van der Waals surface area (Å²) in [4.78, 5) is 0. The van der Waals surface area contributed by atoms with Gasteiger partial charge in [-0.15, -0.1) is 12.3 Å². The van der Waals surface area contributed by atoms with Crippen molar-refractivity contribution in [3.05, 3.63) is 0 Å². The molecule has 0 heterocycles. The van der Waals surface area contributed by atoms with Gasteiger partial charge in [0, 0.05) is 13.0 Å². The molecule has 0 saturated carbocycles. The predicted octanol–water partition coefficient (Wildman–Crippen LogP) is 1.40. The molecule has 0 aromatic rings. The third-order valence-electron chi connectivity index (χ3n) is 1.79. The van der Waals surface area contributed by atoms with E-state index in [0.717, 1.165) is 25.8 Å². The summed E-state index contributed by atoms with van der Waals surface area (Å²) in [5.74, 6) is 3.20. The Kier molecular flexibility index (Phi) is 7.77. The monoisotopic (exact) mass is 183 g/mol. The van der Waals surface area contributed by atoms with Crippen LogP contribution in [0.15, 0.2) is 0 Å². The van der Waals surface area contributed by atoms with E-state index in [1.54, 1.807) is 0 Å². The maximum absolute atomic E-state index is 9.46. The Bertz CT molecular complexity index is 149. The van der Waals surface area contributed by atoms with Crippen molar-refractivity contribution in [3.63, 3.8) is 0 Å². The Morgan fingerprint density at radius 3 is 2.62 bits per heavy atom. The van der Waals surface area contributed by atoms with Crippen LogP contribution in [0.5, 0.6) is 0 Å². The van der Waals surface area contributed by atoms with Crippen LogP contribution in [0.2, 0.25) is 0 Å². The Hall–Kier alpha value is -0.520. The van der Waals surface area contributed by atoms with Gasteiger partial charge in [0.05, 0.1) is 6.10 Å². The van der Waals surface area contributed by atoms with Crippen LogP contribution in [0.1, 0.15) is 33.1 Å². The average molecular weight is 183 g/mol. The first kappa shape index (κ1) is 12.5. The number of aliphatic hydroxyl groups is 1. The van der Waals surface area contributed by atoms with Gasteiger partial charge in [-0.2, -0.15) is 0 Å². The largest absolute Gasteiger partial charge is 0.392 e. The van der Waals surface area contributed by atoms with Crippen LogP contribution in [-0.2, 0) is 0 Å². The van der Waals surface area contributed by atoms with Crippen molar-refractivity contribution in [1.29, 1.82) is 0 Å². The van der Waals surface area contributed by atoms with Crippen LogP contribution in [0.3, 0.4) is 0 Å². The van der Waals surface area contributed by atoms with Crippen LogP contribution in [0.4, 0.5) is 0 Å². The molecular formula is C11H21NO. The molecule has 0 aliphatic heterocycles. The second kappa shape index (κ2) is 8.10. The summed E-state index contributed by atoms with van der Waals surface area (Å²) >= 11 is 0. The zero-order chi connectivity index (χ0) is 10.1. The van der Waals surface area contributed by atoms with Gasteiger partial charge in [-0.25, -0.2) is 0 Å². The molecule has 0 saturated heterocycles. The molecule has 0 aliphatic rings. The van der Waals surface area contributed by atoms with Crippen molar-refractivity contribution in [2.45, 2.75) is 39.2 Å². The number of nitrogens with one attached hydrogen (secondary N) is 1. The van der Waals surface area contributed by atoms with Crippen molar-refractivity contribution in [2.75, 3.05) is 13.1 Å². The summed E-state index contributed by atoms with van der Waals surface area (Å²) in [7, 11) is 0. The summed E-state index contributed by atoms with van der Waals surface area (Å²) in [6.07, 6.45) is 7.35. The predicted molar refractivity (Wildman–Crippen MR) is 56.4 cm³/mol. The third kappa shape index (κ3) is 9.39. The molecule has 0 radical (unpaired) electrons. The minimum Gasteiger partial charge on any atom is -0.392 e. The first-order chi connectivity index (χ1) is 6.16. The van der Waals surface area contributed by atoms with Crippen molar-refractivity contribution in [1.82, 2.24) is 5.32 Å². The number of unbranched alkanes of at least 4 members (excludes halogenated alkanes) is 1. The number of aliphatic hydroxyl groups excluding tert-OH is 1. The molecule has 0 spiro atoms. The fraction of sp³-hybridized carbons (Fsp3) is 0.818. The quantitative estimate of drug-likeness (QED) is 0.462. The standard InChI is InChI=1S/C11H21NO/c1-4-5-6-7-11(13)9-12-8-10(2)3/h1,10-13H,5-9H2,2-3H3. The lowest BCUT2D eigenvalue weighted by Crippen LogP contribution is -2.29. The highest BCUT2D eigenvalue weighted by Crippen LogP contribution is 1.99. The summed E-state index contributed by atoms with van der Waals surface area (Å²) in [6, 6.07) is 0. The van der Waals surface area contributed by atoms with Gasteiger partial charge in [0.25, 0.3) is 0 Å². The second-order valence-corrected chi connectivity index (χ2v) is 3.80. The van der Waals surface area contributed by atoms with Crippen molar-refractivity contribution >= 4 is 0 Å². The normalized spacial score (nSPS) is 12.8. The molecule has 0 aromatic carbocycles. The van der Waals surface area contributed by atoms with Crippen molar-refractivity contribution < 1.29 is 5.11 Å². The van der Waals surface area contributed by atoms with Crippen LogP contribution < -0.4 is 5.32 Å². The van der Waals surface area contributed by atoms with E-state index >= 15 is 0 Å². The SMILES string of the molecule is C#CCCCC(O)CNCC(C)C. The average Bonchev–Trinajstić information content (AvgIpc) is 2.04. The maximum Gasteiger partial charge on any atom is 0.0664 e. The number of rotatable bonds is 7. The third-order valence-corrected chi connectivity index (χ3v) is 1.79. The number of hydrogen-bond donors (Lipinski definition) is 2. The van der Waals surface area contributed by atoms with Crippen molar-refractivity contribution in [2.24, 2.45) is 5.92 Å². The van der Waals surface area contributed by atoms with Crippen molar-refractivity contribution in [3.8, 4) is 12.3 Å². The molecule has 0 aromatic heterocycles. The molecule has 0 bridgehead atoms. The van der Waals surface area contributed by atoms with E-state index in [-0.39, 0.29) is 6.10 Å². The van der Waals surface area contributed by atoms with Gasteiger partial charge in [-0.1, -0.05) is 13.8 Å². The topological polar surface area (TPSA) is 32.3 Å². The van der Waals surface area contributed by atoms with Gasteiger partial charge in [0.15, 0.2) is 0 Å². The lowest BCUT2D eigenvalue weighted by atomic mass is 10.1. The number of hydrogen-bond acceptors (Lipinski definition) is 2. The Morgan fingerprint density at radius 1 is 1.38 bits per heavy atom. The molecular weight excluding hydrogens is 162 g/mol. The van der Waals surface area contributed by atoms with Gasteiger partial charge >= 0.3 is 0 Å². The lowest BCUT2D eigenvalue weighted by molar-refractivity contribution is 0.158. The second-order valence-electron chi connectivity index (χ2n) is 3.80. The molecule has 0 amide bonds. The summed E-state index contributed by atoms with van der Waals surface area (Å²) in [5.41, 5.74) is 0. The molecule has 0 rings (SSSR count). The van der Waals surface area contributed by atoms with E-state index in [2.05, 4.69) is 25.1 Å². The van der Waals surface area contributed by atoms with E-state index in [0.29, 0.717) is 12.5 Å². The smallest absolute Gasteiger partial charge is 0.0664 e. The Labute approximate surface area is 81.7 Å². The minimum atomic E-state index is -0.243. The van der Waals surface area contributed by atoms with Gasteiger partial charge < -0.3 is 10.4 Å². The van der Waals surface area contributed by atoms with E-state index in [1.165, 1.54) is 0 Å².